The molecule has 0 radical (unpaired) electrons. The maximum Gasteiger partial charge on any atom is 0.0599 e. The minimum Gasteiger partial charge on any atom is -0.381 e. The Morgan fingerprint density at radius 3 is 2.67 bits per heavy atom. The highest BCUT2D eigenvalue weighted by Gasteiger charge is 2.36. The van der Waals surface area contributed by atoms with Crippen LogP contribution in [0.3, 0.4) is 0 Å². The summed E-state index contributed by atoms with van der Waals surface area (Å²) in [4.78, 5) is 2.73. The van der Waals surface area contributed by atoms with E-state index < -0.39 is 0 Å². The third-order valence-electron chi connectivity index (χ3n) is 5.14. The molecule has 18 heavy (non-hydrogen) atoms. The fraction of sp³-hybridized carbons (Fsp3) is 1.00. The zero-order valence-electron chi connectivity index (χ0n) is 12.1. The Labute approximate surface area is 112 Å². The number of nitrogens with zero attached hydrogens (tertiary/aromatic N) is 1. The van der Waals surface area contributed by atoms with Gasteiger partial charge in [-0.15, -0.1) is 0 Å². The fourth-order valence-corrected chi connectivity index (χ4v) is 4.02. The highest BCUT2D eigenvalue weighted by Crippen LogP contribution is 2.34. The van der Waals surface area contributed by atoms with Crippen molar-refractivity contribution in [2.24, 2.45) is 11.7 Å². The minimum absolute atomic E-state index is 0.429. The van der Waals surface area contributed by atoms with E-state index in [9.17, 15) is 0 Å². The second-order valence-electron chi connectivity index (χ2n) is 6.03. The molecule has 1 saturated carbocycles. The predicted octanol–water partition coefficient (Wildman–Crippen LogP) is 2.39. The van der Waals surface area contributed by atoms with E-state index in [1.807, 2.05) is 7.11 Å². The Bertz CT molecular complexity index is 247. The highest BCUT2D eigenvalue weighted by molar-refractivity contribution is 4.91. The first-order valence-electron chi connectivity index (χ1n) is 7.78. The van der Waals surface area contributed by atoms with Crippen molar-refractivity contribution in [2.75, 3.05) is 20.2 Å². The van der Waals surface area contributed by atoms with Gasteiger partial charge in [-0.2, -0.15) is 0 Å². The first-order valence-corrected chi connectivity index (χ1v) is 7.78. The van der Waals surface area contributed by atoms with Gasteiger partial charge >= 0.3 is 0 Å². The second-order valence-corrected chi connectivity index (χ2v) is 6.03. The fourth-order valence-electron chi connectivity index (χ4n) is 4.02. The van der Waals surface area contributed by atoms with Crippen molar-refractivity contribution >= 4 is 0 Å². The molecule has 106 valence electrons. The van der Waals surface area contributed by atoms with Gasteiger partial charge in [-0.05, 0) is 31.6 Å². The Morgan fingerprint density at radius 2 is 2.00 bits per heavy atom. The lowest BCUT2D eigenvalue weighted by Crippen LogP contribution is -2.55. The van der Waals surface area contributed by atoms with E-state index in [2.05, 4.69) is 11.8 Å². The molecular weight excluding hydrogens is 224 g/mol. The van der Waals surface area contributed by atoms with Gasteiger partial charge in [0, 0.05) is 32.3 Å². The third-order valence-corrected chi connectivity index (χ3v) is 5.14. The molecule has 3 heteroatoms. The zero-order valence-corrected chi connectivity index (χ0v) is 12.1. The number of methoxy groups -OCH3 is 1. The van der Waals surface area contributed by atoms with Crippen LogP contribution in [0.1, 0.15) is 51.9 Å². The molecule has 4 unspecified atom stereocenters. The standard InChI is InChI=1S/C15H30N2O/c1-3-12-6-4-5-7-15(12)17-9-8-14(18-2)10-13(17)11-16/h12-15H,3-11,16H2,1-2H3. The van der Waals surface area contributed by atoms with Crippen LogP contribution in [0.5, 0.6) is 0 Å². The lowest BCUT2D eigenvalue weighted by atomic mass is 9.80. The normalized spacial score (nSPS) is 38.8. The molecule has 0 spiro atoms. The summed E-state index contributed by atoms with van der Waals surface area (Å²) in [5.41, 5.74) is 6.01. The highest BCUT2D eigenvalue weighted by atomic mass is 16.5. The number of ether oxygens (including phenoxy) is 1. The molecular formula is C15H30N2O. The van der Waals surface area contributed by atoms with E-state index in [0.717, 1.165) is 24.9 Å². The van der Waals surface area contributed by atoms with Gasteiger partial charge in [0.1, 0.15) is 0 Å². The summed E-state index contributed by atoms with van der Waals surface area (Å²) in [6.07, 6.45) is 9.69. The number of hydrogen-bond donors (Lipinski definition) is 1. The molecule has 4 atom stereocenters. The van der Waals surface area contributed by atoms with Crippen molar-refractivity contribution in [1.29, 1.82) is 0 Å². The van der Waals surface area contributed by atoms with Crippen LogP contribution in [-0.2, 0) is 4.74 Å². The van der Waals surface area contributed by atoms with Crippen molar-refractivity contribution < 1.29 is 4.74 Å². The quantitative estimate of drug-likeness (QED) is 0.837. The summed E-state index contributed by atoms with van der Waals surface area (Å²) in [7, 11) is 1.84. The Balaban J connectivity index is 2.01. The number of rotatable bonds is 4. The molecule has 2 aliphatic rings. The molecule has 1 saturated heterocycles. The van der Waals surface area contributed by atoms with Crippen molar-refractivity contribution in [3.8, 4) is 0 Å². The van der Waals surface area contributed by atoms with Gasteiger partial charge in [-0.25, -0.2) is 0 Å². The Kier molecular flexibility index (Phi) is 5.46. The topological polar surface area (TPSA) is 38.5 Å². The van der Waals surface area contributed by atoms with Gasteiger partial charge in [-0.3, -0.25) is 4.90 Å². The molecule has 3 nitrogen and oxygen atoms in total. The number of piperidine rings is 1. The van der Waals surface area contributed by atoms with E-state index in [4.69, 9.17) is 10.5 Å². The van der Waals surface area contributed by atoms with E-state index in [1.54, 1.807) is 0 Å². The maximum atomic E-state index is 6.01. The summed E-state index contributed by atoms with van der Waals surface area (Å²) in [5.74, 6) is 0.895. The summed E-state index contributed by atoms with van der Waals surface area (Å²) in [6.45, 7) is 4.32. The van der Waals surface area contributed by atoms with Crippen molar-refractivity contribution in [2.45, 2.75) is 70.1 Å². The SMILES string of the molecule is CCC1CCCCC1N1CCC(OC)CC1CN. The van der Waals surface area contributed by atoms with Crippen LogP contribution in [-0.4, -0.2) is 43.3 Å². The monoisotopic (exact) mass is 254 g/mol. The van der Waals surface area contributed by atoms with Crippen LogP contribution in [0, 0.1) is 5.92 Å². The lowest BCUT2D eigenvalue weighted by molar-refractivity contribution is -0.0249. The van der Waals surface area contributed by atoms with Gasteiger partial charge in [0.2, 0.25) is 0 Å². The van der Waals surface area contributed by atoms with Gasteiger partial charge in [-0.1, -0.05) is 26.2 Å². The van der Waals surface area contributed by atoms with Crippen molar-refractivity contribution in [1.82, 2.24) is 4.90 Å². The number of hydrogen-bond acceptors (Lipinski definition) is 3. The first kappa shape index (κ1) is 14.3. The molecule has 2 N–H and O–H groups in total. The van der Waals surface area contributed by atoms with Crippen molar-refractivity contribution in [3.63, 3.8) is 0 Å². The molecule has 0 aromatic carbocycles. The van der Waals surface area contributed by atoms with Crippen molar-refractivity contribution in [3.05, 3.63) is 0 Å². The largest absolute Gasteiger partial charge is 0.381 e. The van der Waals surface area contributed by atoms with Gasteiger partial charge in [0.15, 0.2) is 0 Å². The van der Waals surface area contributed by atoms with Crippen LogP contribution in [0.15, 0.2) is 0 Å². The van der Waals surface area contributed by atoms with Crippen LogP contribution in [0.4, 0.5) is 0 Å². The predicted molar refractivity (Wildman–Crippen MR) is 75.6 cm³/mol. The molecule has 2 rings (SSSR count). The van der Waals surface area contributed by atoms with Crippen LogP contribution >= 0.6 is 0 Å². The van der Waals surface area contributed by atoms with Crippen LogP contribution in [0.25, 0.3) is 0 Å². The first-order chi connectivity index (χ1) is 8.80. The van der Waals surface area contributed by atoms with E-state index in [1.165, 1.54) is 45.1 Å². The number of likely N-dealkylation sites (tertiary alicyclic amines) is 1. The summed E-state index contributed by atoms with van der Waals surface area (Å²) < 4.78 is 5.53. The van der Waals surface area contributed by atoms with Gasteiger partial charge in [0.25, 0.3) is 0 Å². The second kappa shape index (κ2) is 6.88. The maximum absolute atomic E-state index is 6.01. The number of nitrogens with two attached hydrogens (primary N) is 1. The minimum atomic E-state index is 0.429. The average Bonchev–Trinajstić information content (AvgIpc) is 2.46. The molecule has 1 aliphatic heterocycles. The lowest BCUT2D eigenvalue weighted by Gasteiger charge is -2.47. The summed E-state index contributed by atoms with van der Waals surface area (Å²) >= 11 is 0. The molecule has 1 heterocycles. The molecule has 0 amide bonds. The zero-order chi connectivity index (χ0) is 13.0. The average molecular weight is 254 g/mol. The Morgan fingerprint density at radius 1 is 1.22 bits per heavy atom. The summed E-state index contributed by atoms with van der Waals surface area (Å²) in [6, 6.07) is 1.33. The molecule has 0 bridgehead atoms. The van der Waals surface area contributed by atoms with Gasteiger partial charge in [0.05, 0.1) is 6.10 Å². The smallest absolute Gasteiger partial charge is 0.0599 e. The van der Waals surface area contributed by atoms with E-state index in [-0.39, 0.29) is 0 Å². The van der Waals surface area contributed by atoms with Gasteiger partial charge < -0.3 is 10.5 Å². The molecule has 2 fully saturated rings. The van der Waals surface area contributed by atoms with E-state index in [0.29, 0.717) is 12.1 Å². The molecule has 1 aliphatic carbocycles. The van der Waals surface area contributed by atoms with Crippen LogP contribution < -0.4 is 5.73 Å². The van der Waals surface area contributed by atoms with Crippen LogP contribution in [0.2, 0.25) is 0 Å². The summed E-state index contributed by atoms with van der Waals surface area (Å²) in [5, 5.41) is 0. The third kappa shape index (κ3) is 3.06. The van der Waals surface area contributed by atoms with E-state index >= 15 is 0 Å². The molecule has 0 aromatic rings. The molecule has 0 aromatic heterocycles. The Hall–Kier alpha value is -0.120.